The molecule has 2 fully saturated rings. The molecule has 6 heteroatoms. The van der Waals surface area contributed by atoms with Crippen LogP contribution in [0.3, 0.4) is 0 Å². The van der Waals surface area contributed by atoms with Gasteiger partial charge in [-0.25, -0.2) is 9.59 Å². The third-order valence-electron chi connectivity index (χ3n) is 4.80. The van der Waals surface area contributed by atoms with Crippen molar-refractivity contribution in [2.24, 2.45) is 0 Å². The molecule has 0 spiro atoms. The van der Waals surface area contributed by atoms with E-state index in [2.05, 4.69) is 4.89 Å². The van der Waals surface area contributed by atoms with E-state index < -0.39 is 18.0 Å². The van der Waals surface area contributed by atoms with E-state index >= 15 is 0 Å². The Kier molecular flexibility index (Phi) is 8.53. The molecule has 0 saturated carbocycles. The predicted molar refractivity (Wildman–Crippen MR) is 87.3 cm³/mol. The lowest BCUT2D eigenvalue weighted by molar-refractivity contribution is -0.296. The largest absolute Gasteiger partial charge is 0.479 e. The lowest BCUT2D eigenvalue weighted by Gasteiger charge is -2.11. The van der Waals surface area contributed by atoms with Gasteiger partial charge in [-0.15, -0.1) is 0 Å². The molecule has 3 unspecified atom stereocenters. The molecule has 24 heavy (non-hydrogen) atoms. The molecule has 0 aromatic rings. The Morgan fingerprint density at radius 3 is 2.08 bits per heavy atom. The summed E-state index contributed by atoms with van der Waals surface area (Å²) in [5.41, 5.74) is 0. The van der Waals surface area contributed by atoms with Gasteiger partial charge in [0.1, 0.15) is 0 Å². The molecule has 2 rings (SSSR count). The minimum absolute atomic E-state index is 0.133. The SMILES string of the molecule is O=C1CCCCCCCCCCCC2OC2CCC(C(=O)O)OO1. The van der Waals surface area contributed by atoms with Crippen LogP contribution in [0.4, 0.5) is 0 Å². The molecular formula is C18H30O6. The average Bonchev–Trinajstić information content (AvgIpc) is 3.29. The zero-order valence-electron chi connectivity index (χ0n) is 14.4. The Balaban J connectivity index is 1.76. The Morgan fingerprint density at radius 2 is 1.42 bits per heavy atom. The summed E-state index contributed by atoms with van der Waals surface area (Å²) in [6.07, 6.45) is 11.9. The van der Waals surface area contributed by atoms with Crippen molar-refractivity contribution in [2.45, 2.75) is 102 Å². The van der Waals surface area contributed by atoms with Crippen LogP contribution in [-0.2, 0) is 24.1 Å². The van der Waals surface area contributed by atoms with Crippen LogP contribution in [0.2, 0.25) is 0 Å². The first-order valence-electron chi connectivity index (χ1n) is 9.41. The highest BCUT2D eigenvalue weighted by Crippen LogP contribution is 2.32. The summed E-state index contributed by atoms with van der Waals surface area (Å²) >= 11 is 0. The zero-order valence-corrected chi connectivity index (χ0v) is 14.4. The van der Waals surface area contributed by atoms with Gasteiger partial charge >= 0.3 is 11.9 Å². The van der Waals surface area contributed by atoms with Gasteiger partial charge in [0.05, 0.1) is 12.2 Å². The van der Waals surface area contributed by atoms with E-state index in [1.165, 1.54) is 38.5 Å². The van der Waals surface area contributed by atoms with Crippen LogP contribution in [0, 0.1) is 0 Å². The summed E-state index contributed by atoms with van der Waals surface area (Å²) in [7, 11) is 0. The molecule has 2 heterocycles. The van der Waals surface area contributed by atoms with Gasteiger partial charge < -0.3 is 9.84 Å². The third kappa shape index (κ3) is 7.62. The number of carboxylic acid groups (broad SMARTS) is 1. The van der Waals surface area contributed by atoms with Gasteiger partial charge in [-0.3, -0.25) is 4.89 Å². The minimum atomic E-state index is -1.11. The van der Waals surface area contributed by atoms with Crippen molar-refractivity contribution >= 4 is 11.9 Å². The Hall–Kier alpha value is -1.14. The monoisotopic (exact) mass is 342 g/mol. The molecule has 0 amide bonds. The molecule has 6 nitrogen and oxygen atoms in total. The number of aliphatic carboxylic acids is 1. The summed E-state index contributed by atoms with van der Waals surface area (Å²) in [5.74, 6) is -1.59. The highest BCUT2D eigenvalue weighted by molar-refractivity contribution is 5.72. The molecule has 0 aliphatic carbocycles. The van der Waals surface area contributed by atoms with Crippen LogP contribution < -0.4 is 0 Å². The van der Waals surface area contributed by atoms with Crippen LogP contribution >= 0.6 is 0 Å². The first-order chi connectivity index (χ1) is 11.7. The molecule has 0 bridgehead atoms. The number of carbonyl (C=O) groups is 2. The highest BCUT2D eigenvalue weighted by Gasteiger charge is 2.38. The van der Waals surface area contributed by atoms with Gasteiger partial charge in [0, 0.05) is 6.42 Å². The third-order valence-corrected chi connectivity index (χ3v) is 4.80. The topological polar surface area (TPSA) is 85.4 Å². The van der Waals surface area contributed by atoms with Gasteiger partial charge in [-0.2, -0.15) is 4.89 Å². The second-order valence-electron chi connectivity index (χ2n) is 6.89. The smallest absolute Gasteiger partial charge is 0.342 e. The molecule has 1 N–H and O–H groups in total. The number of rotatable bonds is 1. The molecule has 0 aromatic carbocycles. The fraction of sp³-hybridized carbons (Fsp3) is 0.889. The number of hydrogen-bond donors (Lipinski definition) is 1. The lowest BCUT2D eigenvalue weighted by Crippen LogP contribution is -2.26. The summed E-state index contributed by atoms with van der Waals surface area (Å²) in [6, 6.07) is 0. The van der Waals surface area contributed by atoms with Crippen molar-refractivity contribution < 1.29 is 29.2 Å². The Labute approximate surface area is 143 Å². The predicted octanol–water partition coefficient (Wildman–Crippen LogP) is 3.77. The Bertz CT molecular complexity index is 397. The van der Waals surface area contributed by atoms with Crippen LogP contribution in [0.1, 0.15) is 83.5 Å². The summed E-state index contributed by atoms with van der Waals surface area (Å²) in [4.78, 5) is 32.3. The number of epoxide rings is 1. The number of fused-ring (bicyclic) bond motifs is 1. The van der Waals surface area contributed by atoms with Gasteiger partial charge in [0.15, 0.2) is 0 Å². The number of ether oxygens (including phenoxy) is 1. The van der Waals surface area contributed by atoms with E-state index in [9.17, 15) is 9.59 Å². The zero-order chi connectivity index (χ0) is 17.2. The maximum atomic E-state index is 11.6. The molecule has 0 aromatic heterocycles. The van der Waals surface area contributed by atoms with Crippen LogP contribution in [0.25, 0.3) is 0 Å². The van der Waals surface area contributed by atoms with Crippen molar-refractivity contribution in [3.05, 3.63) is 0 Å². The fourth-order valence-electron chi connectivity index (χ4n) is 3.22. The van der Waals surface area contributed by atoms with Crippen LogP contribution in [0.5, 0.6) is 0 Å². The van der Waals surface area contributed by atoms with Crippen LogP contribution in [0.15, 0.2) is 0 Å². The lowest BCUT2D eigenvalue weighted by atomic mass is 10.0. The van der Waals surface area contributed by atoms with Crippen molar-refractivity contribution in [1.29, 1.82) is 0 Å². The van der Waals surface area contributed by atoms with Gasteiger partial charge in [0.2, 0.25) is 6.10 Å². The molecule has 138 valence electrons. The van der Waals surface area contributed by atoms with E-state index in [0.717, 1.165) is 25.7 Å². The second kappa shape index (κ2) is 10.7. The van der Waals surface area contributed by atoms with Gasteiger partial charge in [-0.05, 0) is 25.7 Å². The number of carbonyl (C=O) groups excluding carboxylic acids is 1. The summed E-state index contributed by atoms with van der Waals surface area (Å²) in [5, 5.41) is 9.15. The van der Waals surface area contributed by atoms with Crippen molar-refractivity contribution in [3.8, 4) is 0 Å². The van der Waals surface area contributed by atoms with E-state index in [1.807, 2.05) is 0 Å². The van der Waals surface area contributed by atoms with Crippen LogP contribution in [-0.4, -0.2) is 35.4 Å². The van der Waals surface area contributed by atoms with Crippen molar-refractivity contribution in [1.82, 2.24) is 0 Å². The second-order valence-corrected chi connectivity index (χ2v) is 6.89. The highest BCUT2D eigenvalue weighted by atomic mass is 17.2. The van der Waals surface area contributed by atoms with E-state index in [1.54, 1.807) is 0 Å². The van der Waals surface area contributed by atoms with E-state index in [4.69, 9.17) is 14.7 Å². The quantitative estimate of drug-likeness (QED) is 0.577. The first kappa shape index (κ1) is 19.2. The molecule has 2 aliphatic heterocycles. The van der Waals surface area contributed by atoms with Crippen molar-refractivity contribution in [3.63, 3.8) is 0 Å². The number of hydrogen-bond acceptors (Lipinski definition) is 5. The van der Waals surface area contributed by atoms with Gasteiger partial charge in [-0.1, -0.05) is 51.4 Å². The van der Waals surface area contributed by atoms with Crippen molar-refractivity contribution in [2.75, 3.05) is 0 Å². The maximum Gasteiger partial charge on any atom is 0.342 e. The van der Waals surface area contributed by atoms with Gasteiger partial charge in [0.25, 0.3) is 0 Å². The molecule has 3 atom stereocenters. The van der Waals surface area contributed by atoms with E-state index in [-0.39, 0.29) is 18.6 Å². The summed E-state index contributed by atoms with van der Waals surface area (Å²) < 4.78 is 5.59. The Morgan fingerprint density at radius 1 is 0.833 bits per heavy atom. The normalized spacial score (nSPS) is 31.7. The minimum Gasteiger partial charge on any atom is -0.479 e. The van der Waals surface area contributed by atoms with E-state index in [0.29, 0.717) is 12.8 Å². The summed E-state index contributed by atoms with van der Waals surface area (Å²) in [6.45, 7) is 0. The fourth-order valence-corrected chi connectivity index (χ4v) is 3.22. The molecular weight excluding hydrogens is 312 g/mol. The molecule has 0 radical (unpaired) electrons. The maximum absolute atomic E-state index is 11.6. The standard InChI is InChI=1S/C18H30O6/c19-17-11-9-7-5-3-1-2-4-6-8-10-14-15(22-14)12-13-16(18(20)21)23-24-17/h14-16H,1-13H2,(H,20,21). The molecule has 2 saturated heterocycles. The molecule has 2 aliphatic rings. The average molecular weight is 342 g/mol. The number of carboxylic acids is 1. The first-order valence-corrected chi connectivity index (χ1v) is 9.41.